The maximum Gasteiger partial charge on any atom is 0.397 e. The maximum atomic E-state index is 13.0. The molecule has 2 atom stereocenters. The molecule has 1 aliphatic heterocycles. The Bertz CT molecular complexity index is 852. The van der Waals surface area contributed by atoms with E-state index in [1.807, 2.05) is 57.2 Å². The lowest BCUT2D eigenvalue weighted by molar-refractivity contribution is -0.471. The molecule has 0 aromatic heterocycles. The zero-order valence-electron chi connectivity index (χ0n) is 17.1. The van der Waals surface area contributed by atoms with Crippen LogP contribution in [0.5, 0.6) is 0 Å². The highest BCUT2D eigenvalue weighted by Crippen LogP contribution is 2.39. The van der Waals surface area contributed by atoms with Crippen LogP contribution in [0.25, 0.3) is 0 Å². The molecule has 1 fully saturated rings. The zero-order chi connectivity index (χ0) is 21.1. The van der Waals surface area contributed by atoms with Gasteiger partial charge in [0, 0.05) is 5.56 Å². The molecule has 154 valence electrons. The summed E-state index contributed by atoms with van der Waals surface area (Å²) in [6.07, 6.45) is 0.504. The quantitative estimate of drug-likeness (QED) is 0.554. The fourth-order valence-electron chi connectivity index (χ4n) is 3.62. The topological polar surface area (TPSA) is 71.1 Å². The van der Waals surface area contributed by atoms with Gasteiger partial charge in [0.15, 0.2) is 0 Å². The molecule has 1 heterocycles. The van der Waals surface area contributed by atoms with Crippen molar-refractivity contribution < 1.29 is 29.1 Å². The van der Waals surface area contributed by atoms with Crippen LogP contribution in [0.15, 0.2) is 60.7 Å². The largest absolute Gasteiger partial charge is 0.397 e. The average molecular weight is 398 g/mol. The number of carbonyl (C=O) groups is 2. The van der Waals surface area contributed by atoms with Gasteiger partial charge >= 0.3 is 11.9 Å². The van der Waals surface area contributed by atoms with Crippen LogP contribution in [-0.2, 0) is 40.2 Å². The monoisotopic (exact) mass is 398 g/mol. The third kappa shape index (κ3) is 4.33. The van der Waals surface area contributed by atoms with Crippen LogP contribution in [-0.4, -0.2) is 18.5 Å². The molecule has 1 saturated heterocycles. The first-order valence-electron chi connectivity index (χ1n) is 9.52. The third-order valence-electron chi connectivity index (χ3n) is 4.97. The van der Waals surface area contributed by atoms with Crippen molar-refractivity contribution in [3.63, 3.8) is 0 Å². The summed E-state index contributed by atoms with van der Waals surface area (Å²) < 4.78 is 0. The van der Waals surface area contributed by atoms with Crippen LogP contribution in [0, 0.1) is 5.41 Å². The van der Waals surface area contributed by atoms with Crippen molar-refractivity contribution in [3.8, 4) is 0 Å². The molecule has 0 saturated carbocycles. The predicted molar refractivity (Wildman–Crippen MR) is 105 cm³/mol. The molecule has 2 aromatic rings. The minimum absolute atomic E-state index is 0.0225. The summed E-state index contributed by atoms with van der Waals surface area (Å²) in [7, 11) is 0. The van der Waals surface area contributed by atoms with Crippen LogP contribution in [0.2, 0.25) is 0 Å². The second kappa shape index (κ2) is 7.97. The number of benzene rings is 2. The lowest BCUT2D eigenvalue weighted by Gasteiger charge is -2.37. The van der Waals surface area contributed by atoms with Gasteiger partial charge in [-0.25, -0.2) is 29.1 Å². The van der Waals surface area contributed by atoms with E-state index in [2.05, 4.69) is 0 Å². The first-order valence-corrected chi connectivity index (χ1v) is 9.52. The Kier molecular flexibility index (Phi) is 5.78. The van der Waals surface area contributed by atoms with E-state index in [0.717, 1.165) is 5.56 Å². The highest BCUT2D eigenvalue weighted by Gasteiger charge is 2.54. The van der Waals surface area contributed by atoms with Crippen molar-refractivity contribution in [1.82, 2.24) is 0 Å². The summed E-state index contributed by atoms with van der Waals surface area (Å²) in [6, 6.07) is 18.1. The average Bonchev–Trinajstić information content (AvgIpc) is 2.65. The van der Waals surface area contributed by atoms with Crippen LogP contribution in [0.4, 0.5) is 0 Å². The van der Waals surface area contributed by atoms with E-state index in [0.29, 0.717) is 12.0 Å². The van der Waals surface area contributed by atoms with E-state index in [1.54, 1.807) is 31.2 Å². The molecule has 0 spiro atoms. The first kappa shape index (κ1) is 21.0. The Balaban J connectivity index is 1.77. The highest BCUT2D eigenvalue weighted by molar-refractivity contribution is 5.85. The Labute approximate surface area is 170 Å². The Morgan fingerprint density at radius 1 is 0.931 bits per heavy atom. The molecule has 6 heteroatoms. The molecule has 3 rings (SSSR count). The van der Waals surface area contributed by atoms with E-state index in [4.69, 9.17) is 19.6 Å². The molecule has 2 aromatic carbocycles. The predicted octanol–water partition coefficient (Wildman–Crippen LogP) is 4.24. The van der Waals surface area contributed by atoms with Crippen LogP contribution in [0.3, 0.4) is 0 Å². The standard InChI is InChI=1S/C23H26O6/c1-21(2,3)15-22(4,17-11-7-5-8-12-17)19(24)27-28-20(25)23(16-26-29-23)18-13-9-6-10-14-18/h5-14H,15-16H2,1-4H3. The molecule has 0 bridgehead atoms. The summed E-state index contributed by atoms with van der Waals surface area (Å²) >= 11 is 0. The van der Waals surface area contributed by atoms with Crippen molar-refractivity contribution in [2.45, 2.75) is 45.1 Å². The van der Waals surface area contributed by atoms with Gasteiger partial charge in [-0.2, -0.15) is 0 Å². The number of hydrogen-bond donors (Lipinski definition) is 0. The smallest absolute Gasteiger partial charge is 0.246 e. The molecular formula is C23H26O6. The van der Waals surface area contributed by atoms with E-state index in [1.165, 1.54) is 0 Å². The van der Waals surface area contributed by atoms with Crippen molar-refractivity contribution in [2.24, 2.45) is 5.41 Å². The normalized spacial score (nSPS) is 20.8. The van der Waals surface area contributed by atoms with E-state index in [-0.39, 0.29) is 12.0 Å². The van der Waals surface area contributed by atoms with Crippen LogP contribution in [0.1, 0.15) is 45.2 Å². The summed E-state index contributed by atoms with van der Waals surface area (Å²) in [5, 5.41) is 0. The van der Waals surface area contributed by atoms with Gasteiger partial charge < -0.3 is 0 Å². The van der Waals surface area contributed by atoms with Gasteiger partial charge in [-0.05, 0) is 24.3 Å². The molecule has 0 N–H and O–H groups in total. The van der Waals surface area contributed by atoms with E-state index in [9.17, 15) is 9.59 Å². The molecule has 29 heavy (non-hydrogen) atoms. The highest BCUT2D eigenvalue weighted by atomic mass is 17.3. The van der Waals surface area contributed by atoms with E-state index >= 15 is 0 Å². The van der Waals surface area contributed by atoms with Crippen molar-refractivity contribution >= 4 is 11.9 Å². The third-order valence-corrected chi connectivity index (χ3v) is 4.97. The van der Waals surface area contributed by atoms with Gasteiger partial charge in [-0.1, -0.05) is 81.4 Å². The van der Waals surface area contributed by atoms with E-state index < -0.39 is 23.0 Å². The Morgan fingerprint density at radius 2 is 1.48 bits per heavy atom. The maximum absolute atomic E-state index is 13.0. The second-order valence-corrected chi connectivity index (χ2v) is 8.72. The van der Waals surface area contributed by atoms with Gasteiger partial charge in [0.05, 0.1) is 5.41 Å². The summed E-state index contributed by atoms with van der Waals surface area (Å²) in [5.74, 6) is -1.48. The minimum atomic E-state index is -1.44. The summed E-state index contributed by atoms with van der Waals surface area (Å²) in [4.78, 5) is 45.6. The molecule has 1 aliphatic rings. The van der Waals surface area contributed by atoms with Gasteiger partial charge in [0.2, 0.25) is 0 Å². The molecule has 2 unspecified atom stereocenters. The van der Waals surface area contributed by atoms with Gasteiger partial charge in [0.1, 0.15) is 6.61 Å². The number of carbonyl (C=O) groups excluding carboxylic acids is 2. The summed E-state index contributed by atoms with van der Waals surface area (Å²) in [5.41, 5.74) is -1.24. The number of rotatable bonds is 5. The van der Waals surface area contributed by atoms with Crippen molar-refractivity contribution in [1.29, 1.82) is 0 Å². The fourth-order valence-corrected chi connectivity index (χ4v) is 3.62. The SMILES string of the molecule is CC(C)(C)CC(C)(C(=O)OOC(=O)C1(c2ccccc2)COO1)c1ccccc1. The zero-order valence-corrected chi connectivity index (χ0v) is 17.1. The molecule has 0 amide bonds. The molecule has 0 aliphatic carbocycles. The minimum Gasteiger partial charge on any atom is -0.246 e. The van der Waals surface area contributed by atoms with Crippen molar-refractivity contribution in [3.05, 3.63) is 71.8 Å². The Morgan fingerprint density at radius 3 is 1.97 bits per heavy atom. The van der Waals surface area contributed by atoms with Crippen LogP contribution < -0.4 is 0 Å². The van der Waals surface area contributed by atoms with Crippen molar-refractivity contribution in [2.75, 3.05) is 6.61 Å². The molecule has 6 nitrogen and oxygen atoms in total. The van der Waals surface area contributed by atoms with Gasteiger partial charge in [0.25, 0.3) is 5.60 Å². The lowest BCUT2D eigenvalue weighted by atomic mass is 9.71. The lowest BCUT2D eigenvalue weighted by Crippen LogP contribution is -2.52. The summed E-state index contributed by atoms with van der Waals surface area (Å²) in [6.45, 7) is 7.89. The molecular weight excluding hydrogens is 372 g/mol. The second-order valence-electron chi connectivity index (χ2n) is 8.72. The van der Waals surface area contributed by atoms with Gasteiger partial charge in [-0.15, -0.1) is 0 Å². The van der Waals surface area contributed by atoms with Crippen LogP contribution >= 0.6 is 0 Å². The van der Waals surface area contributed by atoms with Gasteiger partial charge in [-0.3, -0.25) is 0 Å². The fraction of sp³-hybridized carbons (Fsp3) is 0.391. The first-order chi connectivity index (χ1) is 13.7. The number of hydrogen-bond acceptors (Lipinski definition) is 6. The Hall–Kier alpha value is -2.70. The molecule has 0 radical (unpaired) electrons.